The standard InChI is InChI=1S/C13H19ClN4O2/c1-9(5-7-19-2)18-10(4-6-14)17-11-12(18)15-8-16-13(11)20-3/h8-9H,4-7H2,1-3H3. The third-order valence-corrected chi connectivity index (χ3v) is 3.40. The molecule has 0 N–H and O–H groups in total. The monoisotopic (exact) mass is 298 g/mol. The van der Waals surface area contributed by atoms with E-state index in [0.29, 0.717) is 30.3 Å². The summed E-state index contributed by atoms with van der Waals surface area (Å²) in [4.78, 5) is 13.0. The van der Waals surface area contributed by atoms with Crippen molar-refractivity contribution in [3.8, 4) is 5.88 Å². The number of alkyl halides is 1. The van der Waals surface area contributed by atoms with Crippen LogP contribution in [0.3, 0.4) is 0 Å². The highest BCUT2D eigenvalue weighted by atomic mass is 35.5. The van der Waals surface area contributed by atoms with Crippen molar-refractivity contribution >= 4 is 22.8 Å². The number of methoxy groups -OCH3 is 2. The highest BCUT2D eigenvalue weighted by molar-refractivity contribution is 6.17. The topological polar surface area (TPSA) is 62.1 Å². The maximum atomic E-state index is 5.87. The van der Waals surface area contributed by atoms with E-state index >= 15 is 0 Å². The van der Waals surface area contributed by atoms with E-state index in [2.05, 4.69) is 26.4 Å². The molecule has 0 bridgehead atoms. The predicted octanol–water partition coefficient (Wildman–Crippen LogP) is 2.21. The van der Waals surface area contributed by atoms with Gasteiger partial charge in [-0.05, 0) is 13.3 Å². The summed E-state index contributed by atoms with van der Waals surface area (Å²) in [5, 5.41) is 0. The number of aryl methyl sites for hydroxylation is 1. The Morgan fingerprint density at radius 3 is 2.80 bits per heavy atom. The van der Waals surface area contributed by atoms with Crippen molar-refractivity contribution in [3.05, 3.63) is 12.2 Å². The second-order valence-corrected chi connectivity index (χ2v) is 4.90. The van der Waals surface area contributed by atoms with Gasteiger partial charge in [0.15, 0.2) is 11.2 Å². The number of aromatic nitrogens is 4. The molecule has 110 valence electrons. The number of hydrogen-bond acceptors (Lipinski definition) is 5. The Morgan fingerprint density at radius 1 is 1.35 bits per heavy atom. The van der Waals surface area contributed by atoms with Crippen LogP contribution in [0, 0.1) is 0 Å². The van der Waals surface area contributed by atoms with Crippen molar-refractivity contribution in [3.63, 3.8) is 0 Å². The third-order valence-electron chi connectivity index (χ3n) is 3.21. The minimum Gasteiger partial charge on any atom is -0.479 e. The smallest absolute Gasteiger partial charge is 0.245 e. The van der Waals surface area contributed by atoms with Gasteiger partial charge in [-0.3, -0.25) is 0 Å². The van der Waals surface area contributed by atoms with Crippen molar-refractivity contribution < 1.29 is 9.47 Å². The molecule has 1 atom stereocenters. The summed E-state index contributed by atoms with van der Waals surface area (Å²) in [6.07, 6.45) is 3.05. The minimum absolute atomic E-state index is 0.220. The zero-order chi connectivity index (χ0) is 14.5. The van der Waals surface area contributed by atoms with E-state index in [4.69, 9.17) is 21.1 Å². The minimum atomic E-state index is 0.220. The van der Waals surface area contributed by atoms with E-state index in [1.807, 2.05) is 0 Å². The van der Waals surface area contributed by atoms with Gasteiger partial charge in [0.05, 0.1) is 7.11 Å². The average Bonchev–Trinajstić information content (AvgIpc) is 2.83. The van der Waals surface area contributed by atoms with E-state index < -0.39 is 0 Å². The van der Waals surface area contributed by atoms with Crippen LogP contribution in [0.25, 0.3) is 11.2 Å². The molecule has 2 heterocycles. The van der Waals surface area contributed by atoms with Crippen molar-refractivity contribution in [1.29, 1.82) is 0 Å². The third kappa shape index (κ3) is 2.86. The predicted molar refractivity (Wildman–Crippen MR) is 77.5 cm³/mol. The normalized spacial score (nSPS) is 12.8. The maximum Gasteiger partial charge on any atom is 0.245 e. The first kappa shape index (κ1) is 15.0. The lowest BCUT2D eigenvalue weighted by Crippen LogP contribution is -2.12. The van der Waals surface area contributed by atoms with E-state index in [0.717, 1.165) is 17.9 Å². The Hall–Kier alpha value is -1.40. The number of imidazole rings is 1. The van der Waals surface area contributed by atoms with Gasteiger partial charge in [-0.1, -0.05) is 0 Å². The summed E-state index contributed by atoms with van der Waals surface area (Å²) in [5.41, 5.74) is 1.46. The van der Waals surface area contributed by atoms with Gasteiger partial charge >= 0.3 is 0 Å². The quantitative estimate of drug-likeness (QED) is 0.733. The molecule has 0 amide bonds. The summed E-state index contributed by atoms with van der Waals surface area (Å²) in [7, 11) is 3.28. The largest absolute Gasteiger partial charge is 0.479 e. The first-order valence-corrected chi connectivity index (χ1v) is 7.07. The molecule has 0 aliphatic heterocycles. The van der Waals surface area contributed by atoms with Gasteiger partial charge in [-0.25, -0.2) is 9.97 Å². The first-order chi connectivity index (χ1) is 9.72. The lowest BCUT2D eigenvalue weighted by atomic mass is 10.2. The molecule has 0 saturated carbocycles. The molecule has 0 fully saturated rings. The van der Waals surface area contributed by atoms with E-state index in [1.54, 1.807) is 14.2 Å². The van der Waals surface area contributed by atoms with E-state index in [9.17, 15) is 0 Å². The summed E-state index contributed by atoms with van der Waals surface area (Å²) in [6, 6.07) is 0.220. The molecule has 0 aromatic carbocycles. The van der Waals surface area contributed by atoms with Gasteiger partial charge in [-0.15, -0.1) is 11.6 Å². The molecule has 2 aromatic rings. The van der Waals surface area contributed by atoms with Crippen molar-refractivity contribution in [2.75, 3.05) is 26.7 Å². The molecule has 7 heteroatoms. The van der Waals surface area contributed by atoms with Crippen LogP contribution >= 0.6 is 11.6 Å². The fraction of sp³-hybridized carbons (Fsp3) is 0.615. The van der Waals surface area contributed by atoms with E-state index in [1.165, 1.54) is 6.33 Å². The Morgan fingerprint density at radius 2 is 2.15 bits per heavy atom. The first-order valence-electron chi connectivity index (χ1n) is 6.53. The number of nitrogens with zero attached hydrogens (tertiary/aromatic N) is 4. The summed E-state index contributed by atoms with van der Waals surface area (Å²) < 4.78 is 12.5. The summed E-state index contributed by atoms with van der Waals surface area (Å²) in [6.45, 7) is 2.80. The fourth-order valence-electron chi connectivity index (χ4n) is 2.22. The van der Waals surface area contributed by atoms with Crippen LogP contribution in [0.2, 0.25) is 0 Å². The number of rotatable bonds is 7. The van der Waals surface area contributed by atoms with Crippen LogP contribution in [0.5, 0.6) is 5.88 Å². The molecule has 0 saturated heterocycles. The highest BCUT2D eigenvalue weighted by Gasteiger charge is 2.19. The van der Waals surface area contributed by atoms with Crippen molar-refractivity contribution in [2.45, 2.75) is 25.8 Å². The molecular formula is C13H19ClN4O2. The fourth-order valence-corrected chi connectivity index (χ4v) is 2.39. The molecule has 2 rings (SSSR count). The molecule has 6 nitrogen and oxygen atoms in total. The molecule has 2 aromatic heterocycles. The van der Waals surface area contributed by atoms with Crippen LogP contribution in [-0.2, 0) is 11.2 Å². The van der Waals surface area contributed by atoms with Crippen LogP contribution in [0.4, 0.5) is 0 Å². The van der Waals surface area contributed by atoms with Gasteiger partial charge in [-0.2, -0.15) is 4.98 Å². The zero-order valence-electron chi connectivity index (χ0n) is 12.0. The van der Waals surface area contributed by atoms with Crippen LogP contribution in [0.1, 0.15) is 25.2 Å². The Bertz CT molecular complexity index is 573. The molecular weight excluding hydrogens is 280 g/mol. The Balaban J connectivity index is 2.51. The lowest BCUT2D eigenvalue weighted by molar-refractivity contribution is 0.181. The Kier molecular flexibility index (Phi) is 5.14. The number of ether oxygens (including phenoxy) is 2. The molecule has 20 heavy (non-hydrogen) atoms. The highest BCUT2D eigenvalue weighted by Crippen LogP contribution is 2.26. The van der Waals surface area contributed by atoms with Crippen LogP contribution in [0.15, 0.2) is 6.33 Å². The summed E-state index contributed by atoms with van der Waals surface area (Å²) in [5.74, 6) is 1.90. The van der Waals surface area contributed by atoms with Crippen LogP contribution < -0.4 is 4.74 Å². The number of halogens is 1. The molecule has 1 unspecified atom stereocenters. The zero-order valence-corrected chi connectivity index (χ0v) is 12.7. The van der Waals surface area contributed by atoms with Crippen molar-refractivity contribution in [2.24, 2.45) is 0 Å². The molecule has 0 radical (unpaired) electrons. The Labute approximate surface area is 123 Å². The second-order valence-electron chi connectivity index (χ2n) is 4.52. The molecule has 0 aliphatic rings. The van der Waals surface area contributed by atoms with Gasteiger partial charge in [0.2, 0.25) is 5.88 Å². The van der Waals surface area contributed by atoms with Crippen LogP contribution in [-0.4, -0.2) is 46.2 Å². The summed E-state index contributed by atoms with van der Waals surface area (Å²) >= 11 is 5.87. The average molecular weight is 299 g/mol. The SMILES string of the molecule is COCCC(C)n1c(CCCl)nc2c(OC)ncnc21. The maximum absolute atomic E-state index is 5.87. The van der Waals surface area contributed by atoms with Gasteiger partial charge in [0.1, 0.15) is 12.2 Å². The second kappa shape index (κ2) is 6.85. The molecule has 0 aliphatic carbocycles. The molecule has 0 spiro atoms. The number of hydrogen-bond donors (Lipinski definition) is 0. The van der Waals surface area contributed by atoms with Gasteiger partial charge in [0, 0.05) is 32.1 Å². The van der Waals surface area contributed by atoms with Gasteiger partial charge in [0.25, 0.3) is 0 Å². The number of fused-ring (bicyclic) bond motifs is 1. The van der Waals surface area contributed by atoms with Crippen molar-refractivity contribution in [1.82, 2.24) is 19.5 Å². The van der Waals surface area contributed by atoms with E-state index in [-0.39, 0.29) is 6.04 Å². The lowest BCUT2D eigenvalue weighted by Gasteiger charge is -2.16. The van der Waals surface area contributed by atoms with Gasteiger partial charge < -0.3 is 14.0 Å².